The highest BCUT2D eigenvalue weighted by Crippen LogP contribution is 1.80. The van der Waals surface area contributed by atoms with Gasteiger partial charge in [-0.05, 0) is 0 Å². The predicted molar refractivity (Wildman–Crippen MR) is 16.7 cm³/mol. The Morgan fingerprint density at radius 3 is 1.43 bits per heavy atom. The Morgan fingerprint density at radius 2 is 1.43 bits per heavy atom. The van der Waals surface area contributed by atoms with Crippen LogP contribution in [-0.2, 0) is 0 Å². The highest BCUT2D eigenvalue weighted by atomic mass is 19.4. The maximum atomic E-state index is 9.67. The maximum absolute atomic E-state index is 9.67. The fourth-order valence-corrected chi connectivity index (χ4v) is 0. The van der Waals surface area contributed by atoms with Gasteiger partial charge in [-0.25, -0.2) is 0 Å². The molecule has 0 unspecified atom stereocenters. The van der Waals surface area contributed by atoms with Crippen molar-refractivity contribution in [3.05, 3.63) is 4.91 Å². The Kier molecular flexibility index (Phi) is 12.2. The summed E-state index contributed by atoms with van der Waals surface area (Å²) in [7, 11) is -3.67. The van der Waals surface area contributed by atoms with E-state index in [0.29, 0.717) is 0 Å². The van der Waals surface area contributed by atoms with E-state index in [4.69, 9.17) is 10.1 Å². The van der Waals surface area contributed by atoms with E-state index in [9.17, 15) is 12.9 Å². The molecule has 1 N–H and O–H groups in total. The van der Waals surface area contributed by atoms with Crippen LogP contribution in [0.15, 0.2) is 5.34 Å². The Bertz CT molecular complexity index is 37.2. The smallest absolute Gasteiger partial charge is 0.379 e. The van der Waals surface area contributed by atoms with Gasteiger partial charge in [-0.3, -0.25) is 12.9 Å². The van der Waals surface area contributed by atoms with Gasteiger partial charge in [0.1, 0.15) is 0 Å². The molecule has 0 rings (SSSR count). The Balaban J connectivity index is 0. The van der Waals surface area contributed by atoms with Crippen LogP contribution in [0.3, 0.4) is 0 Å². The summed E-state index contributed by atoms with van der Waals surface area (Å²) in [6.07, 6.45) is 0. The quantitative estimate of drug-likeness (QED) is 0.291. The summed E-state index contributed by atoms with van der Waals surface area (Å²) in [5.41, 5.74) is 0. The monoisotopic (exact) mass is 115 g/mol. The zero-order valence-corrected chi connectivity index (χ0v) is 3.01. The molecular weight excluding hydrogens is 114 g/mol. The van der Waals surface area contributed by atoms with Crippen molar-refractivity contribution in [2.24, 2.45) is 5.34 Å². The first kappa shape index (κ1) is 9.54. The van der Waals surface area contributed by atoms with Gasteiger partial charge in [0, 0.05) is 0 Å². The topological polar surface area (TPSA) is 49.7 Å². The van der Waals surface area contributed by atoms with Crippen molar-refractivity contribution in [3.8, 4) is 0 Å². The van der Waals surface area contributed by atoms with E-state index in [1.807, 2.05) is 0 Å². The minimum atomic E-state index is -3.67. The lowest BCUT2D eigenvalue weighted by Gasteiger charge is -1.55. The maximum Gasteiger partial charge on any atom is 0.762 e. The fourth-order valence-electron chi connectivity index (χ4n) is 0. The Hall–Kier alpha value is -0.745. The Morgan fingerprint density at radius 1 is 1.43 bits per heavy atom. The van der Waals surface area contributed by atoms with E-state index in [2.05, 4.69) is 0 Å². The average molecular weight is 115 g/mol. The average Bonchev–Trinajstić information content (AvgIpc) is 1.33. The zero-order chi connectivity index (χ0) is 6.28. The molecule has 0 spiro atoms. The molecule has 0 amide bonds. The summed E-state index contributed by atoms with van der Waals surface area (Å²) < 4.78 is 29.0. The van der Waals surface area contributed by atoms with E-state index in [0.717, 1.165) is 0 Å². The highest BCUT2D eigenvalue weighted by molar-refractivity contribution is 6.33. The molecule has 0 aromatic carbocycles. The van der Waals surface area contributed by atoms with Crippen molar-refractivity contribution < 1.29 is 18.2 Å². The van der Waals surface area contributed by atoms with Crippen LogP contribution in [-0.4, -0.2) is 12.8 Å². The van der Waals surface area contributed by atoms with E-state index in [1.54, 1.807) is 0 Å². The molecule has 0 atom stereocenters. The van der Waals surface area contributed by atoms with Crippen LogP contribution in [0.2, 0.25) is 0 Å². The SMILES string of the molecule is FB(F)F.O=NO. The van der Waals surface area contributed by atoms with Crippen LogP contribution < -0.4 is 0 Å². The number of halogens is 3. The number of rotatable bonds is 0. The molecule has 0 bridgehead atoms. The molecule has 0 saturated heterocycles. The van der Waals surface area contributed by atoms with Gasteiger partial charge in [0.25, 0.3) is 0 Å². The van der Waals surface area contributed by atoms with Crippen LogP contribution in [0.5, 0.6) is 0 Å². The van der Waals surface area contributed by atoms with E-state index < -0.39 is 7.54 Å². The third kappa shape index (κ3) is 100. The second-order valence-corrected chi connectivity index (χ2v) is 0.329. The van der Waals surface area contributed by atoms with Gasteiger partial charge in [0.05, 0.1) is 0 Å². The lowest BCUT2D eigenvalue weighted by molar-refractivity contribution is 0.312. The zero-order valence-electron chi connectivity index (χ0n) is 3.01. The normalized spacial score (nSPS) is 5.57. The van der Waals surface area contributed by atoms with Crippen molar-refractivity contribution in [3.63, 3.8) is 0 Å². The summed E-state index contributed by atoms with van der Waals surface area (Å²) >= 11 is 0. The Labute approximate surface area is 37.3 Å². The molecule has 0 saturated carbocycles. The third-order valence-electron chi connectivity index (χ3n) is 0. The standard InChI is InChI=1S/BF3.HNO2/c2-1(3)4;2-1-3/h;(H,2,3). The summed E-state index contributed by atoms with van der Waals surface area (Å²) in [5, 5.41) is 7.89. The van der Waals surface area contributed by atoms with Gasteiger partial charge >= 0.3 is 7.54 Å². The number of hydrogen-bond donors (Lipinski definition) is 1. The molecule has 0 aromatic rings. The predicted octanol–water partition coefficient (Wildman–Crippen LogP) is 1.02. The molecule has 3 nitrogen and oxygen atoms in total. The van der Waals surface area contributed by atoms with E-state index in [-0.39, 0.29) is 0 Å². The van der Waals surface area contributed by atoms with Crippen molar-refractivity contribution in [1.29, 1.82) is 0 Å². The first-order chi connectivity index (χ1) is 3.15. The third-order valence-corrected chi connectivity index (χ3v) is 0. The molecule has 0 aliphatic heterocycles. The molecular formula is HBF3NO2. The summed E-state index contributed by atoms with van der Waals surface area (Å²) in [4.78, 5) is 8.11. The van der Waals surface area contributed by atoms with Crippen LogP contribution in [0.25, 0.3) is 0 Å². The lowest BCUT2D eigenvalue weighted by Crippen LogP contribution is -1.76. The minimum absolute atomic E-state index is 1.25. The minimum Gasteiger partial charge on any atom is -0.379 e. The second-order valence-electron chi connectivity index (χ2n) is 0.329. The summed E-state index contributed by atoms with van der Waals surface area (Å²) in [5.74, 6) is 0. The van der Waals surface area contributed by atoms with Gasteiger partial charge < -0.3 is 5.21 Å². The number of nitrogens with zero attached hydrogens (tertiary/aromatic N) is 1. The van der Waals surface area contributed by atoms with Crippen LogP contribution >= 0.6 is 0 Å². The first-order valence-corrected chi connectivity index (χ1v) is 1.04. The van der Waals surface area contributed by atoms with E-state index >= 15 is 0 Å². The van der Waals surface area contributed by atoms with Crippen LogP contribution in [0.1, 0.15) is 0 Å². The van der Waals surface area contributed by atoms with Gasteiger partial charge in [0.15, 0.2) is 5.34 Å². The summed E-state index contributed by atoms with van der Waals surface area (Å²) in [6.45, 7) is 0. The van der Waals surface area contributed by atoms with Crippen molar-refractivity contribution in [2.45, 2.75) is 0 Å². The molecule has 42 valence electrons. The molecule has 7 heavy (non-hydrogen) atoms. The second kappa shape index (κ2) is 8.98. The molecule has 0 aliphatic carbocycles. The van der Waals surface area contributed by atoms with Crippen LogP contribution in [0.4, 0.5) is 12.9 Å². The van der Waals surface area contributed by atoms with Gasteiger partial charge in [0.2, 0.25) is 0 Å². The first-order valence-electron chi connectivity index (χ1n) is 1.04. The van der Waals surface area contributed by atoms with Crippen LogP contribution in [0, 0.1) is 4.91 Å². The van der Waals surface area contributed by atoms with Crippen molar-refractivity contribution in [2.75, 3.05) is 0 Å². The molecule has 0 aromatic heterocycles. The molecule has 0 radical (unpaired) electrons. The lowest BCUT2D eigenvalue weighted by atomic mass is 10.5. The van der Waals surface area contributed by atoms with Crippen molar-refractivity contribution >= 4 is 7.54 Å². The molecule has 7 heteroatoms. The van der Waals surface area contributed by atoms with E-state index in [1.165, 1.54) is 5.34 Å². The fraction of sp³-hybridized carbons (Fsp3) is 0. The van der Waals surface area contributed by atoms with Crippen molar-refractivity contribution in [1.82, 2.24) is 0 Å². The van der Waals surface area contributed by atoms with Gasteiger partial charge in [-0.1, -0.05) is 0 Å². The number of hydrogen-bond acceptors (Lipinski definition) is 2. The molecule has 0 heterocycles. The molecule has 0 fully saturated rings. The summed E-state index contributed by atoms with van der Waals surface area (Å²) in [6, 6.07) is 0. The molecule has 0 aliphatic rings. The van der Waals surface area contributed by atoms with Gasteiger partial charge in [-0.15, -0.1) is 4.91 Å². The largest absolute Gasteiger partial charge is 0.762 e. The van der Waals surface area contributed by atoms with Gasteiger partial charge in [-0.2, -0.15) is 0 Å². The highest BCUT2D eigenvalue weighted by Gasteiger charge is 2.06.